The number of ether oxygens (including phenoxy) is 1. The third-order valence-electron chi connectivity index (χ3n) is 4.50. The number of nitrogens with one attached hydrogen (secondary N) is 2. The number of fused-ring (bicyclic) bond motifs is 1. The van der Waals surface area contributed by atoms with Gasteiger partial charge >= 0.3 is 5.97 Å². The average molecular weight is 412 g/mol. The zero-order valence-electron chi connectivity index (χ0n) is 17.0. The predicted molar refractivity (Wildman–Crippen MR) is 116 cm³/mol. The minimum atomic E-state index is -0.563. The largest absolute Gasteiger partial charge is 0.460 e. The summed E-state index contributed by atoms with van der Waals surface area (Å²) in [6, 6.07) is 7.80. The molecule has 1 aromatic carbocycles. The van der Waals surface area contributed by atoms with Crippen LogP contribution in [0.15, 0.2) is 58.1 Å². The van der Waals surface area contributed by atoms with Crippen LogP contribution in [0.2, 0.25) is 0 Å². The van der Waals surface area contributed by atoms with E-state index in [1.165, 1.54) is 11.8 Å². The molecule has 2 N–H and O–H groups in total. The summed E-state index contributed by atoms with van der Waals surface area (Å²) in [5, 5.41) is 3.65. The summed E-state index contributed by atoms with van der Waals surface area (Å²) in [5.74, 6) is 0.0910. The number of anilines is 1. The van der Waals surface area contributed by atoms with Gasteiger partial charge in [-0.05, 0) is 33.3 Å². The second-order valence-electron chi connectivity index (χ2n) is 7.20. The van der Waals surface area contributed by atoms with Gasteiger partial charge in [-0.25, -0.2) is 9.78 Å². The van der Waals surface area contributed by atoms with E-state index in [2.05, 4.69) is 21.9 Å². The number of aryl methyl sites for hydroxylation is 1. The minimum Gasteiger partial charge on any atom is -0.460 e. The van der Waals surface area contributed by atoms with E-state index in [9.17, 15) is 9.59 Å². The number of aromatic amines is 1. The van der Waals surface area contributed by atoms with Crippen molar-refractivity contribution in [2.45, 2.75) is 44.9 Å². The van der Waals surface area contributed by atoms with Gasteiger partial charge in [-0.2, -0.15) is 0 Å². The summed E-state index contributed by atoms with van der Waals surface area (Å²) in [7, 11) is 0. The van der Waals surface area contributed by atoms with Gasteiger partial charge in [-0.3, -0.25) is 4.79 Å². The number of hydrogen-bond acceptors (Lipinski definition) is 6. The van der Waals surface area contributed by atoms with Crippen LogP contribution in [0, 0.1) is 6.92 Å². The van der Waals surface area contributed by atoms with Crippen molar-refractivity contribution in [2.75, 3.05) is 11.1 Å². The molecular formula is C22H25N3O3S. The number of allylic oxidation sites excluding steroid dienone is 1. The zero-order chi connectivity index (χ0) is 21.1. The SMILES string of the molecule is C=CCSc1nc2c(c(=O)[nH]1)C(c1cccc(C)c1)C(C(=O)OC(C)C)=C(C)N2. The second kappa shape index (κ2) is 8.69. The van der Waals surface area contributed by atoms with Crippen LogP contribution >= 0.6 is 11.8 Å². The molecule has 6 nitrogen and oxygen atoms in total. The molecule has 7 heteroatoms. The van der Waals surface area contributed by atoms with Gasteiger partial charge in [0.2, 0.25) is 0 Å². The quantitative estimate of drug-likeness (QED) is 0.322. The third kappa shape index (κ3) is 4.45. The molecule has 0 fully saturated rings. The van der Waals surface area contributed by atoms with E-state index >= 15 is 0 Å². The maximum atomic E-state index is 13.1. The van der Waals surface area contributed by atoms with E-state index in [0.29, 0.717) is 33.6 Å². The number of nitrogens with zero attached hydrogens (tertiary/aromatic N) is 1. The Hall–Kier alpha value is -2.80. The molecule has 0 radical (unpaired) electrons. The van der Waals surface area contributed by atoms with Crippen molar-refractivity contribution in [3.8, 4) is 0 Å². The van der Waals surface area contributed by atoms with Gasteiger partial charge in [0.1, 0.15) is 5.82 Å². The highest BCUT2D eigenvalue weighted by atomic mass is 32.2. The number of esters is 1. The summed E-state index contributed by atoms with van der Waals surface area (Å²) < 4.78 is 5.49. The van der Waals surface area contributed by atoms with Gasteiger partial charge < -0.3 is 15.0 Å². The maximum Gasteiger partial charge on any atom is 0.337 e. The normalized spacial score (nSPS) is 15.7. The number of carbonyl (C=O) groups excluding carboxylic acids is 1. The van der Waals surface area contributed by atoms with Gasteiger partial charge in [-0.1, -0.05) is 47.7 Å². The van der Waals surface area contributed by atoms with Crippen LogP contribution in [-0.4, -0.2) is 27.8 Å². The summed E-state index contributed by atoms with van der Waals surface area (Å²) >= 11 is 1.39. The molecule has 1 unspecified atom stereocenters. The van der Waals surface area contributed by atoms with Crippen molar-refractivity contribution in [1.29, 1.82) is 0 Å². The number of aromatic nitrogens is 2. The Morgan fingerprint density at radius 3 is 2.79 bits per heavy atom. The molecule has 3 rings (SSSR count). The van der Waals surface area contributed by atoms with Gasteiger partial charge in [0.25, 0.3) is 5.56 Å². The molecule has 1 aromatic heterocycles. The van der Waals surface area contributed by atoms with Crippen LogP contribution < -0.4 is 10.9 Å². The molecule has 2 heterocycles. The molecule has 0 saturated carbocycles. The number of H-pyrrole nitrogens is 1. The molecule has 152 valence electrons. The fourth-order valence-corrected chi connectivity index (χ4v) is 3.96. The monoisotopic (exact) mass is 411 g/mol. The van der Waals surface area contributed by atoms with Gasteiger partial charge in [0.15, 0.2) is 5.16 Å². The second-order valence-corrected chi connectivity index (χ2v) is 8.21. The van der Waals surface area contributed by atoms with Crippen LogP contribution in [0.4, 0.5) is 5.82 Å². The van der Waals surface area contributed by atoms with Gasteiger partial charge in [-0.15, -0.1) is 6.58 Å². The van der Waals surface area contributed by atoms with Crippen LogP contribution in [0.1, 0.15) is 43.4 Å². The average Bonchev–Trinajstić information content (AvgIpc) is 2.64. The molecule has 1 atom stereocenters. The Morgan fingerprint density at radius 2 is 2.14 bits per heavy atom. The van der Waals surface area contributed by atoms with Gasteiger partial charge in [0.05, 0.1) is 23.2 Å². The lowest BCUT2D eigenvalue weighted by Gasteiger charge is -2.29. The van der Waals surface area contributed by atoms with Crippen molar-refractivity contribution in [1.82, 2.24) is 9.97 Å². The summed E-state index contributed by atoms with van der Waals surface area (Å²) in [5.41, 5.74) is 3.09. The number of carbonyl (C=O) groups is 1. The van der Waals surface area contributed by atoms with Crippen LogP contribution in [0.5, 0.6) is 0 Å². The Morgan fingerprint density at radius 1 is 1.38 bits per heavy atom. The topological polar surface area (TPSA) is 84.1 Å². The van der Waals surface area contributed by atoms with E-state index in [0.717, 1.165) is 11.1 Å². The maximum absolute atomic E-state index is 13.1. The lowest BCUT2D eigenvalue weighted by Crippen LogP contribution is -2.31. The van der Waals surface area contributed by atoms with E-state index < -0.39 is 11.9 Å². The first-order valence-electron chi connectivity index (χ1n) is 9.45. The summed E-state index contributed by atoms with van der Waals surface area (Å²) in [6.45, 7) is 11.1. The van der Waals surface area contributed by atoms with Crippen molar-refractivity contribution >= 4 is 23.5 Å². The first-order chi connectivity index (χ1) is 13.8. The molecule has 0 saturated heterocycles. The summed E-state index contributed by atoms with van der Waals surface area (Å²) in [4.78, 5) is 33.4. The highest BCUT2D eigenvalue weighted by molar-refractivity contribution is 7.99. The molecule has 2 aromatic rings. The van der Waals surface area contributed by atoms with Gasteiger partial charge in [0, 0.05) is 11.4 Å². The van der Waals surface area contributed by atoms with E-state index in [-0.39, 0.29) is 11.7 Å². The Kier molecular flexibility index (Phi) is 6.27. The van der Waals surface area contributed by atoms with Crippen LogP contribution in [-0.2, 0) is 9.53 Å². The van der Waals surface area contributed by atoms with Crippen molar-refractivity contribution in [3.63, 3.8) is 0 Å². The molecule has 0 spiro atoms. The van der Waals surface area contributed by atoms with E-state index in [4.69, 9.17) is 4.74 Å². The molecular weight excluding hydrogens is 386 g/mol. The Balaban J connectivity index is 2.20. The fraction of sp³-hybridized carbons (Fsp3) is 0.318. The minimum absolute atomic E-state index is 0.267. The van der Waals surface area contributed by atoms with E-state index in [1.54, 1.807) is 19.9 Å². The highest BCUT2D eigenvalue weighted by Crippen LogP contribution is 2.40. The zero-order valence-corrected chi connectivity index (χ0v) is 17.9. The first-order valence-corrected chi connectivity index (χ1v) is 10.4. The summed E-state index contributed by atoms with van der Waals surface area (Å²) in [6.07, 6.45) is 1.48. The molecule has 1 aliphatic rings. The standard InChI is InChI=1S/C22H25N3O3S/c1-6-10-29-22-24-19-18(20(26)25-22)17(15-9-7-8-13(4)11-15)16(14(5)23-19)21(27)28-12(2)3/h6-9,11-12,17H,1,10H2,2-5H3,(H2,23,24,25,26). The van der Waals surface area contributed by atoms with Crippen molar-refractivity contribution in [3.05, 3.63) is 75.2 Å². The number of hydrogen-bond donors (Lipinski definition) is 2. The number of benzene rings is 1. The van der Waals surface area contributed by atoms with E-state index in [1.807, 2.05) is 38.1 Å². The van der Waals surface area contributed by atoms with Crippen LogP contribution in [0.25, 0.3) is 0 Å². The fourth-order valence-electron chi connectivity index (χ4n) is 3.37. The number of thioether (sulfide) groups is 1. The lowest BCUT2D eigenvalue weighted by molar-refractivity contribution is -0.143. The lowest BCUT2D eigenvalue weighted by atomic mass is 9.82. The smallest absolute Gasteiger partial charge is 0.337 e. The molecule has 0 aliphatic carbocycles. The Bertz CT molecular complexity index is 1040. The van der Waals surface area contributed by atoms with Crippen LogP contribution in [0.3, 0.4) is 0 Å². The highest BCUT2D eigenvalue weighted by Gasteiger charge is 2.36. The Labute approximate surface area is 174 Å². The first kappa shape index (κ1) is 20.9. The molecule has 0 amide bonds. The van der Waals surface area contributed by atoms with Crippen molar-refractivity contribution in [2.24, 2.45) is 0 Å². The molecule has 0 bridgehead atoms. The van der Waals surface area contributed by atoms with Crippen molar-refractivity contribution < 1.29 is 9.53 Å². The predicted octanol–water partition coefficient (Wildman–Crippen LogP) is 4.14. The number of rotatable bonds is 6. The third-order valence-corrected chi connectivity index (χ3v) is 5.37. The molecule has 29 heavy (non-hydrogen) atoms. The molecule has 1 aliphatic heterocycles.